The Morgan fingerprint density at radius 2 is 1.80 bits per heavy atom. The lowest BCUT2D eigenvalue weighted by Crippen LogP contribution is -2.29. The summed E-state index contributed by atoms with van der Waals surface area (Å²) in [6, 6.07) is 15.6. The number of carbonyl (C=O) groups excluding carboxylic acids is 2. The number of nitrogens with one attached hydrogen (secondary N) is 1. The van der Waals surface area contributed by atoms with Crippen molar-refractivity contribution in [2.75, 3.05) is 19.5 Å². The number of amides is 1. The first-order valence-corrected chi connectivity index (χ1v) is 8.94. The van der Waals surface area contributed by atoms with Crippen LogP contribution >= 0.6 is 0 Å². The second-order valence-electron chi connectivity index (χ2n) is 6.26. The second kappa shape index (κ2) is 8.87. The Bertz CT molecular complexity index is 1120. The van der Waals surface area contributed by atoms with Gasteiger partial charge in [-0.05, 0) is 31.2 Å². The van der Waals surface area contributed by atoms with Gasteiger partial charge in [-0.1, -0.05) is 23.4 Å². The number of benzene rings is 2. The molecule has 2 aromatic carbocycles. The minimum atomic E-state index is -1.59. The first-order chi connectivity index (χ1) is 14.5. The van der Waals surface area contributed by atoms with Gasteiger partial charge in [0.15, 0.2) is 23.1 Å². The van der Waals surface area contributed by atoms with Crippen LogP contribution in [0.1, 0.15) is 16.2 Å². The third-order valence-electron chi connectivity index (χ3n) is 4.43. The molecule has 30 heavy (non-hydrogen) atoms. The number of hydrogen-bond acceptors (Lipinski definition) is 7. The summed E-state index contributed by atoms with van der Waals surface area (Å²) in [6.45, 7) is 1.65. The van der Waals surface area contributed by atoms with Gasteiger partial charge in [-0.15, -0.1) is 5.10 Å². The Hall–Kier alpha value is -4.19. The van der Waals surface area contributed by atoms with E-state index in [9.17, 15) is 14.9 Å². The number of para-hydroxylation sites is 1. The van der Waals surface area contributed by atoms with Gasteiger partial charge in [-0.3, -0.25) is 9.59 Å². The zero-order valence-corrected chi connectivity index (χ0v) is 16.6. The molecule has 3 rings (SSSR count). The molecule has 3 aromatic rings. The molecule has 1 amide bonds. The van der Waals surface area contributed by atoms with Crippen LogP contribution in [-0.4, -0.2) is 40.9 Å². The highest BCUT2D eigenvalue weighted by atomic mass is 16.5. The van der Waals surface area contributed by atoms with E-state index in [1.807, 2.05) is 30.3 Å². The van der Waals surface area contributed by atoms with Crippen molar-refractivity contribution >= 4 is 17.4 Å². The summed E-state index contributed by atoms with van der Waals surface area (Å²) in [7, 11) is 2.95. The molecule has 0 aliphatic carbocycles. The van der Waals surface area contributed by atoms with Gasteiger partial charge >= 0.3 is 0 Å². The first-order valence-electron chi connectivity index (χ1n) is 8.94. The topological polar surface area (TPSA) is 119 Å². The number of hydrogen-bond donors (Lipinski definition) is 1. The summed E-state index contributed by atoms with van der Waals surface area (Å²) >= 11 is 0. The number of aromatic nitrogens is 3. The van der Waals surface area contributed by atoms with Crippen molar-refractivity contribution in [3.63, 3.8) is 0 Å². The van der Waals surface area contributed by atoms with Crippen LogP contribution in [0.15, 0.2) is 48.5 Å². The molecule has 0 bridgehead atoms. The predicted octanol–water partition coefficient (Wildman–Crippen LogP) is 2.55. The predicted molar refractivity (Wildman–Crippen MR) is 108 cm³/mol. The molecule has 9 heteroatoms. The Morgan fingerprint density at radius 1 is 1.10 bits per heavy atom. The Kier molecular flexibility index (Phi) is 6.08. The van der Waals surface area contributed by atoms with Gasteiger partial charge in [0.25, 0.3) is 0 Å². The van der Waals surface area contributed by atoms with Crippen LogP contribution in [-0.2, 0) is 4.79 Å². The molecule has 0 spiro atoms. The number of ketones is 1. The van der Waals surface area contributed by atoms with Gasteiger partial charge in [-0.25, -0.2) is 4.68 Å². The summed E-state index contributed by atoms with van der Waals surface area (Å²) < 4.78 is 11.8. The molecule has 1 aromatic heterocycles. The summed E-state index contributed by atoms with van der Waals surface area (Å²) in [5, 5.41) is 19.9. The number of methoxy groups -OCH3 is 2. The number of rotatable bonds is 7. The largest absolute Gasteiger partial charge is 0.493 e. The highest BCUT2D eigenvalue weighted by Crippen LogP contribution is 2.30. The average Bonchev–Trinajstić information content (AvgIpc) is 3.15. The lowest BCUT2D eigenvalue weighted by molar-refractivity contribution is -0.117. The van der Waals surface area contributed by atoms with Crippen LogP contribution in [0.3, 0.4) is 0 Å². The van der Waals surface area contributed by atoms with Crippen molar-refractivity contribution in [3.05, 3.63) is 59.9 Å². The van der Waals surface area contributed by atoms with Crippen molar-refractivity contribution in [3.8, 4) is 23.3 Å². The van der Waals surface area contributed by atoms with Crippen LogP contribution in [0.5, 0.6) is 11.5 Å². The van der Waals surface area contributed by atoms with E-state index >= 15 is 0 Å². The van der Waals surface area contributed by atoms with Crippen molar-refractivity contribution in [2.24, 2.45) is 5.92 Å². The molecule has 152 valence electrons. The van der Waals surface area contributed by atoms with Gasteiger partial charge in [0.2, 0.25) is 11.7 Å². The maximum atomic E-state index is 12.9. The fourth-order valence-corrected chi connectivity index (χ4v) is 2.87. The Balaban J connectivity index is 1.83. The van der Waals surface area contributed by atoms with E-state index in [4.69, 9.17) is 9.47 Å². The lowest BCUT2D eigenvalue weighted by atomic mass is 10.0. The zero-order valence-electron chi connectivity index (χ0n) is 16.6. The smallest absolute Gasteiger partial charge is 0.249 e. The normalized spacial score (nSPS) is 11.3. The molecular weight excluding hydrogens is 386 g/mol. The molecule has 0 aliphatic heterocycles. The van der Waals surface area contributed by atoms with E-state index in [0.29, 0.717) is 28.6 Å². The SMILES string of the molecule is COc1ccc(NC(=O)C(C#N)C(=O)c2nnn(-c3ccccc3)c2C)cc1OC. The number of ether oxygens (including phenoxy) is 2. The number of carbonyl (C=O) groups is 2. The highest BCUT2D eigenvalue weighted by Gasteiger charge is 2.32. The minimum absolute atomic E-state index is 0.0344. The van der Waals surface area contributed by atoms with Crippen molar-refractivity contribution in [1.82, 2.24) is 15.0 Å². The molecule has 1 atom stereocenters. The molecular formula is C21H19N5O4. The third kappa shape index (κ3) is 3.98. The third-order valence-corrected chi connectivity index (χ3v) is 4.43. The monoisotopic (exact) mass is 405 g/mol. The number of Topliss-reactive ketones (excluding diaryl/α,β-unsaturated/α-hetero) is 1. The standard InChI is InChI=1S/C21H19N5O4/c1-13-19(24-25-26(13)15-7-5-4-6-8-15)20(27)16(12-22)21(28)23-14-9-10-17(29-2)18(11-14)30-3/h4-11,16H,1-3H3,(H,23,28). The van der Waals surface area contributed by atoms with E-state index in [-0.39, 0.29) is 5.69 Å². The van der Waals surface area contributed by atoms with Crippen molar-refractivity contribution in [2.45, 2.75) is 6.92 Å². The van der Waals surface area contributed by atoms with Crippen LogP contribution in [0.2, 0.25) is 0 Å². The van der Waals surface area contributed by atoms with Crippen molar-refractivity contribution in [1.29, 1.82) is 5.26 Å². The molecule has 1 unspecified atom stereocenters. The zero-order chi connectivity index (χ0) is 21.7. The molecule has 0 aliphatic rings. The van der Waals surface area contributed by atoms with Crippen molar-refractivity contribution < 1.29 is 19.1 Å². The maximum Gasteiger partial charge on any atom is 0.249 e. The second-order valence-corrected chi connectivity index (χ2v) is 6.26. The lowest BCUT2D eigenvalue weighted by Gasteiger charge is -2.12. The molecule has 9 nitrogen and oxygen atoms in total. The Labute approximate surface area is 172 Å². The van der Waals surface area contributed by atoms with Gasteiger partial charge in [-0.2, -0.15) is 5.26 Å². The number of nitriles is 1. The van der Waals surface area contributed by atoms with Gasteiger partial charge in [0.05, 0.1) is 31.7 Å². The van der Waals surface area contributed by atoms with E-state index in [1.165, 1.54) is 25.0 Å². The maximum absolute atomic E-state index is 12.9. The first kappa shape index (κ1) is 20.5. The molecule has 1 N–H and O–H groups in total. The fourth-order valence-electron chi connectivity index (χ4n) is 2.87. The summed E-state index contributed by atoms with van der Waals surface area (Å²) in [5.41, 5.74) is 1.47. The average molecular weight is 405 g/mol. The highest BCUT2D eigenvalue weighted by molar-refractivity contribution is 6.15. The molecule has 0 radical (unpaired) electrons. The van der Waals surface area contributed by atoms with Crippen LogP contribution in [0, 0.1) is 24.2 Å². The molecule has 0 fully saturated rings. The Morgan fingerprint density at radius 3 is 2.43 bits per heavy atom. The fraction of sp³-hybridized carbons (Fsp3) is 0.190. The van der Waals surface area contributed by atoms with E-state index in [2.05, 4.69) is 15.6 Å². The van der Waals surface area contributed by atoms with Crippen LogP contribution in [0.25, 0.3) is 5.69 Å². The van der Waals surface area contributed by atoms with Crippen LogP contribution in [0.4, 0.5) is 5.69 Å². The summed E-state index contributed by atoms with van der Waals surface area (Å²) in [6.07, 6.45) is 0. The summed E-state index contributed by atoms with van der Waals surface area (Å²) in [5.74, 6) is -2.20. The van der Waals surface area contributed by atoms with E-state index in [1.54, 1.807) is 25.1 Å². The summed E-state index contributed by atoms with van der Waals surface area (Å²) in [4.78, 5) is 25.5. The molecule has 1 heterocycles. The van der Waals surface area contributed by atoms with Gasteiger partial charge < -0.3 is 14.8 Å². The number of anilines is 1. The quantitative estimate of drug-likeness (QED) is 0.474. The minimum Gasteiger partial charge on any atom is -0.493 e. The molecule has 0 saturated heterocycles. The van der Waals surface area contributed by atoms with E-state index in [0.717, 1.165) is 0 Å². The van der Waals surface area contributed by atoms with Gasteiger partial charge in [0, 0.05) is 11.8 Å². The van der Waals surface area contributed by atoms with E-state index < -0.39 is 17.6 Å². The number of nitrogens with zero attached hydrogens (tertiary/aromatic N) is 4. The molecule has 0 saturated carbocycles. The van der Waals surface area contributed by atoms with Crippen LogP contribution < -0.4 is 14.8 Å². The van der Waals surface area contributed by atoms with Gasteiger partial charge in [0.1, 0.15) is 0 Å².